The highest BCUT2D eigenvalue weighted by molar-refractivity contribution is 7.18. The molecule has 1 N–H and O–H groups in total. The molecule has 0 spiro atoms. The van der Waals surface area contributed by atoms with Gasteiger partial charge in [-0.25, -0.2) is 4.79 Å². The molecule has 3 aromatic rings. The Hall–Kier alpha value is -3.72. The first-order chi connectivity index (χ1) is 15.9. The Morgan fingerprint density at radius 3 is 2.03 bits per heavy atom. The van der Waals surface area contributed by atoms with Crippen LogP contribution in [-0.4, -0.2) is 46.9 Å². The third-order valence-electron chi connectivity index (χ3n) is 4.74. The highest BCUT2D eigenvalue weighted by atomic mass is 32.1. The summed E-state index contributed by atoms with van der Waals surface area (Å²) in [5.74, 6) is 0.827. The number of ether oxygens (including phenoxy) is 5. The molecule has 2 aromatic carbocycles. The van der Waals surface area contributed by atoms with Gasteiger partial charge >= 0.3 is 5.97 Å². The number of esters is 1. The van der Waals surface area contributed by atoms with Crippen molar-refractivity contribution in [1.29, 1.82) is 0 Å². The Kier molecular flexibility index (Phi) is 7.78. The minimum atomic E-state index is -0.512. The van der Waals surface area contributed by atoms with E-state index in [1.54, 1.807) is 20.1 Å². The van der Waals surface area contributed by atoms with Crippen LogP contribution in [0.2, 0.25) is 0 Å². The average Bonchev–Trinajstić information content (AvgIpc) is 3.26. The molecule has 0 unspecified atom stereocenters. The minimum Gasteiger partial charge on any atom is -0.497 e. The van der Waals surface area contributed by atoms with Gasteiger partial charge in [0.2, 0.25) is 5.75 Å². The van der Waals surface area contributed by atoms with Gasteiger partial charge in [-0.1, -0.05) is 0 Å². The lowest BCUT2D eigenvalue weighted by Gasteiger charge is -2.14. The first-order valence-electron chi connectivity index (χ1n) is 10.0. The molecule has 1 heterocycles. The molecule has 0 aliphatic rings. The summed E-state index contributed by atoms with van der Waals surface area (Å²) in [6.45, 7) is 1.94. The van der Waals surface area contributed by atoms with Crippen molar-refractivity contribution >= 4 is 28.9 Å². The first-order valence-corrected chi connectivity index (χ1v) is 10.8. The number of thiophene rings is 1. The first kappa shape index (κ1) is 23.9. The van der Waals surface area contributed by atoms with Crippen LogP contribution < -0.4 is 24.3 Å². The molecule has 0 bridgehead atoms. The number of methoxy groups -OCH3 is 4. The van der Waals surface area contributed by atoms with Gasteiger partial charge in [0.05, 0.1) is 40.7 Å². The lowest BCUT2D eigenvalue weighted by molar-refractivity contribution is 0.0533. The molecule has 9 heteroatoms. The lowest BCUT2D eigenvalue weighted by atomic mass is 10.1. The number of carbonyl (C=O) groups excluding carboxylic acids is 2. The number of carbonyl (C=O) groups is 2. The van der Waals surface area contributed by atoms with Crippen LogP contribution in [0.1, 0.15) is 27.0 Å². The Morgan fingerprint density at radius 2 is 1.52 bits per heavy atom. The van der Waals surface area contributed by atoms with Crippen molar-refractivity contribution < 1.29 is 33.3 Å². The van der Waals surface area contributed by atoms with Crippen LogP contribution in [0.25, 0.3) is 10.4 Å². The summed E-state index contributed by atoms with van der Waals surface area (Å²) in [4.78, 5) is 26.7. The molecule has 0 saturated heterocycles. The number of nitrogens with one attached hydrogen (secondary N) is 1. The van der Waals surface area contributed by atoms with E-state index in [0.717, 1.165) is 16.2 Å². The number of benzene rings is 2. The van der Waals surface area contributed by atoms with Crippen LogP contribution in [0.4, 0.5) is 5.69 Å². The Bertz CT molecular complexity index is 1110. The van der Waals surface area contributed by atoms with Crippen molar-refractivity contribution in [2.45, 2.75) is 6.92 Å². The van der Waals surface area contributed by atoms with E-state index in [-0.39, 0.29) is 12.2 Å². The number of amides is 1. The molecule has 8 nitrogen and oxygen atoms in total. The maximum atomic E-state index is 13.1. The van der Waals surface area contributed by atoms with Crippen molar-refractivity contribution in [3.63, 3.8) is 0 Å². The fraction of sp³-hybridized carbons (Fsp3) is 0.250. The quantitative estimate of drug-likeness (QED) is 0.445. The van der Waals surface area contributed by atoms with Crippen LogP contribution >= 0.6 is 11.3 Å². The van der Waals surface area contributed by atoms with Gasteiger partial charge in [0.25, 0.3) is 5.91 Å². The Balaban J connectivity index is 1.98. The maximum Gasteiger partial charge on any atom is 0.350 e. The monoisotopic (exact) mass is 471 g/mol. The molecular weight excluding hydrogens is 446 g/mol. The van der Waals surface area contributed by atoms with Gasteiger partial charge in [0.15, 0.2) is 11.5 Å². The topological polar surface area (TPSA) is 92.3 Å². The van der Waals surface area contributed by atoms with Gasteiger partial charge in [0, 0.05) is 10.4 Å². The molecule has 33 heavy (non-hydrogen) atoms. The molecule has 0 saturated carbocycles. The second-order valence-corrected chi connectivity index (χ2v) is 7.72. The van der Waals surface area contributed by atoms with Gasteiger partial charge in [0.1, 0.15) is 10.6 Å². The van der Waals surface area contributed by atoms with Crippen LogP contribution in [0, 0.1) is 0 Å². The summed E-state index contributed by atoms with van der Waals surface area (Å²) in [5.41, 5.74) is 1.50. The zero-order chi connectivity index (χ0) is 24.0. The van der Waals surface area contributed by atoms with E-state index < -0.39 is 11.9 Å². The Morgan fingerprint density at radius 1 is 0.879 bits per heavy atom. The van der Waals surface area contributed by atoms with E-state index in [0.29, 0.717) is 27.8 Å². The van der Waals surface area contributed by atoms with E-state index in [1.807, 2.05) is 24.3 Å². The van der Waals surface area contributed by atoms with Crippen LogP contribution in [0.3, 0.4) is 0 Å². The summed E-state index contributed by atoms with van der Waals surface area (Å²) >= 11 is 1.23. The second kappa shape index (κ2) is 10.7. The van der Waals surface area contributed by atoms with Gasteiger partial charge < -0.3 is 29.0 Å². The number of hydrogen-bond donors (Lipinski definition) is 1. The van der Waals surface area contributed by atoms with Crippen molar-refractivity contribution in [3.05, 3.63) is 52.9 Å². The second-order valence-electron chi connectivity index (χ2n) is 6.67. The fourth-order valence-corrected chi connectivity index (χ4v) is 4.15. The third-order valence-corrected chi connectivity index (χ3v) is 5.91. The van der Waals surface area contributed by atoms with Crippen LogP contribution in [-0.2, 0) is 4.74 Å². The summed E-state index contributed by atoms with van der Waals surface area (Å²) in [6.07, 6.45) is 0. The molecule has 0 aliphatic carbocycles. The summed E-state index contributed by atoms with van der Waals surface area (Å²) < 4.78 is 26.4. The fourth-order valence-electron chi connectivity index (χ4n) is 3.14. The van der Waals surface area contributed by atoms with Gasteiger partial charge in [-0.15, -0.1) is 11.3 Å². The van der Waals surface area contributed by atoms with Crippen molar-refractivity contribution in [1.82, 2.24) is 0 Å². The lowest BCUT2D eigenvalue weighted by Crippen LogP contribution is -2.15. The van der Waals surface area contributed by atoms with Gasteiger partial charge in [-0.05, 0) is 55.0 Å². The normalized spacial score (nSPS) is 10.3. The minimum absolute atomic E-state index is 0.217. The van der Waals surface area contributed by atoms with E-state index in [9.17, 15) is 9.59 Å². The highest BCUT2D eigenvalue weighted by Crippen LogP contribution is 2.39. The molecule has 3 rings (SSSR count). The van der Waals surface area contributed by atoms with Crippen molar-refractivity contribution in [2.75, 3.05) is 40.4 Å². The standard InChI is InChI=1S/C24H25NO7S/c1-6-32-24(27)22-17(13-20(33-22)14-7-9-16(28-2)10-8-14)25-23(26)15-11-18(29-3)21(31-5)19(12-15)30-4/h7-13H,6H2,1-5H3,(H,25,26). The van der Waals surface area contributed by atoms with Crippen molar-refractivity contribution in [2.24, 2.45) is 0 Å². The predicted octanol–water partition coefficient (Wildman–Crippen LogP) is 4.88. The Labute approximate surface area is 196 Å². The molecule has 1 amide bonds. The molecule has 1 aromatic heterocycles. The molecule has 174 valence electrons. The van der Waals surface area contributed by atoms with E-state index in [4.69, 9.17) is 23.7 Å². The molecule has 0 aliphatic heterocycles. The SMILES string of the molecule is CCOC(=O)c1sc(-c2ccc(OC)cc2)cc1NC(=O)c1cc(OC)c(OC)c(OC)c1. The molecule has 0 fully saturated rings. The van der Waals surface area contributed by atoms with Crippen LogP contribution in [0.15, 0.2) is 42.5 Å². The number of hydrogen-bond acceptors (Lipinski definition) is 8. The van der Waals surface area contributed by atoms with Gasteiger partial charge in [-0.3, -0.25) is 4.79 Å². The summed E-state index contributed by atoms with van der Waals surface area (Å²) in [6, 6.07) is 12.2. The van der Waals surface area contributed by atoms with E-state index >= 15 is 0 Å². The molecule has 0 atom stereocenters. The molecular formula is C24H25NO7S. The maximum absolute atomic E-state index is 13.1. The van der Waals surface area contributed by atoms with E-state index in [2.05, 4.69) is 5.32 Å². The van der Waals surface area contributed by atoms with Crippen molar-refractivity contribution in [3.8, 4) is 33.4 Å². The average molecular weight is 472 g/mol. The zero-order valence-corrected chi connectivity index (χ0v) is 19.8. The number of rotatable bonds is 9. The molecule has 0 radical (unpaired) electrons. The third kappa shape index (κ3) is 5.20. The highest BCUT2D eigenvalue weighted by Gasteiger charge is 2.22. The van der Waals surface area contributed by atoms with Gasteiger partial charge in [-0.2, -0.15) is 0 Å². The largest absolute Gasteiger partial charge is 0.497 e. The summed E-state index contributed by atoms with van der Waals surface area (Å²) in [5, 5.41) is 2.81. The van der Waals surface area contributed by atoms with E-state index in [1.165, 1.54) is 44.8 Å². The smallest absolute Gasteiger partial charge is 0.350 e. The zero-order valence-electron chi connectivity index (χ0n) is 19.0. The predicted molar refractivity (Wildman–Crippen MR) is 126 cm³/mol. The summed E-state index contributed by atoms with van der Waals surface area (Å²) in [7, 11) is 6.02. The number of anilines is 1. The van der Waals surface area contributed by atoms with Crippen LogP contribution in [0.5, 0.6) is 23.0 Å².